The molecule has 1 aliphatic carbocycles. The molecule has 1 unspecified atom stereocenters. The largest absolute Gasteiger partial charge is 0.355 e. The fraction of sp³-hybridized carbons (Fsp3) is 0.474. The first-order valence-electron chi connectivity index (χ1n) is 9.17. The summed E-state index contributed by atoms with van der Waals surface area (Å²) in [6.45, 7) is 2.97. The van der Waals surface area contributed by atoms with E-state index < -0.39 is 0 Å². The van der Waals surface area contributed by atoms with Crippen LogP contribution in [-0.2, 0) is 21.4 Å². The second-order valence-electron chi connectivity index (χ2n) is 7.24. The zero-order chi connectivity index (χ0) is 19.0. The minimum Gasteiger partial charge on any atom is -0.355 e. The first kappa shape index (κ1) is 18.4. The van der Waals surface area contributed by atoms with Crippen molar-refractivity contribution in [2.24, 2.45) is 5.92 Å². The van der Waals surface area contributed by atoms with Gasteiger partial charge in [-0.1, -0.05) is 42.0 Å². The van der Waals surface area contributed by atoms with Crippen molar-refractivity contribution in [1.82, 2.24) is 15.5 Å². The number of nitrogens with zero attached hydrogens (tertiary/aromatic N) is 3. The van der Waals surface area contributed by atoms with E-state index in [2.05, 4.69) is 15.5 Å². The number of aryl methyl sites for hydroxylation is 1. The smallest absolute Gasteiger partial charge is 0.229 e. The maximum Gasteiger partial charge on any atom is 0.229 e. The molecule has 0 spiro atoms. The van der Waals surface area contributed by atoms with E-state index in [1.165, 1.54) is 16.9 Å². The van der Waals surface area contributed by atoms with Crippen LogP contribution in [0.25, 0.3) is 0 Å². The zero-order valence-corrected chi connectivity index (χ0v) is 16.6. The Morgan fingerprint density at radius 3 is 2.70 bits per heavy atom. The average Bonchev–Trinajstić information content (AvgIpc) is 3.13. The molecule has 1 aliphatic heterocycles. The molecule has 8 heteroatoms. The summed E-state index contributed by atoms with van der Waals surface area (Å²) in [6.07, 6.45) is 3.11. The third-order valence-corrected chi connectivity index (χ3v) is 6.74. The monoisotopic (exact) mass is 404 g/mol. The fourth-order valence-corrected chi connectivity index (χ4v) is 4.42. The van der Waals surface area contributed by atoms with Crippen LogP contribution in [0.2, 0.25) is 5.02 Å². The second kappa shape index (κ2) is 7.20. The first-order chi connectivity index (χ1) is 13.0. The lowest BCUT2D eigenvalue weighted by Gasteiger charge is -2.18. The van der Waals surface area contributed by atoms with Gasteiger partial charge in [0.1, 0.15) is 5.01 Å². The Morgan fingerprint density at radius 1 is 1.33 bits per heavy atom. The molecule has 2 aliphatic rings. The van der Waals surface area contributed by atoms with Crippen molar-refractivity contribution in [3.05, 3.63) is 39.9 Å². The average molecular weight is 405 g/mol. The van der Waals surface area contributed by atoms with Crippen molar-refractivity contribution in [2.45, 2.75) is 38.0 Å². The summed E-state index contributed by atoms with van der Waals surface area (Å²) in [7, 11) is 0. The number of rotatable bonds is 6. The Labute approximate surface area is 166 Å². The number of hydrogen-bond acceptors (Lipinski definition) is 5. The number of amides is 2. The third-order valence-electron chi connectivity index (χ3n) is 5.40. The molecule has 142 valence electrons. The number of hydrogen-bond donors (Lipinski definition) is 1. The molecule has 1 aromatic heterocycles. The summed E-state index contributed by atoms with van der Waals surface area (Å²) >= 11 is 7.38. The highest BCUT2D eigenvalue weighted by molar-refractivity contribution is 7.15. The maximum atomic E-state index is 12.6. The molecule has 1 aromatic carbocycles. The highest BCUT2D eigenvalue weighted by Gasteiger charge is 2.45. The lowest BCUT2D eigenvalue weighted by atomic mass is 9.95. The lowest BCUT2D eigenvalue weighted by molar-refractivity contribution is -0.126. The molecular weight excluding hydrogens is 384 g/mol. The van der Waals surface area contributed by atoms with E-state index in [0.717, 1.165) is 24.3 Å². The number of benzene rings is 1. The Bertz CT molecular complexity index is 863. The molecule has 2 amide bonds. The van der Waals surface area contributed by atoms with E-state index in [9.17, 15) is 9.59 Å². The molecule has 1 saturated carbocycles. The summed E-state index contributed by atoms with van der Waals surface area (Å²) < 4.78 is 0. The highest BCUT2D eigenvalue weighted by atomic mass is 35.5. The number of aromatic nitrogens is 2. The number of nitrogens with one attached hydrogen (secondary N) is 1. The summed E-state index contributed by atoms with van der Waals surface area (Å²) in [5.41, 5.74) is 1.22. The van der Waals surface area contributed by atoms with Crippen LogP contribution in [0.3, 0.4) is 0 Å². The van der Waals surface area contributed by atoms with Gasteiger partial charge in [0.2, 0.25) is 16.9 Å². The van der Waals surface area contributed by atoms with Gasteiger partial charge < -0.3 is 5.32 Å². The molecule has 1 saturated heterocycles. The lowest BCUT2D eigenvalue weighted by Crippen LogP contribution is -2.37. The van der Waals surface area contributed by atoms with Gasteiger partial charge in [-0.2, -0.15) is 0 Å². The summed E-state index contributed by atoms with van der Waals surface area (Å²) in [5, 5.41) is 13.4. The van der Waals surface area contributed by atoms with Gasteiger partial charge in [-0.3, -0.25) is 14.5 Å². The molecule has 2 fully saturated rings. The van der Waals surface area contributed by atoms with Crippen molar-refractivity contribution in [1.29, 1.82) is 0 Å². The van der Waals surface area contributed by atoms with Gasteiger partial charge in [0.25, 0.3) is 0 Å². The molecular formula is C19H21ClN4O2S. The predicted octanol–water partition coefficient (Wildman–Crippen LogP) is 2.95. The molecule has 2 heterocycles. The summed E-state index contributed by atoms with van der Waals surface area (Å²) in [6, 6.07) is 7.84. The van der Waals surface area contributed by atoms with Crippen molar-refractivity contribution in [3.8, 4) is 0 Å². The molecule has 4 rings (SSSR count). The van der Waals surface area contributed by atoms with Crippen molar-refractivity contribution >= 4 is 39.9 Å². The third kappa shape index (κ3) is 3.71. The van der Waals surface area contributed by atoms with Gasteiger partial charge in [0, 0.05) is 29.9 Å². The van der Waals surface area contributed by atoms with E-state index in [1.54, 1.807) is 4.90 Å². The molecule has 0 radical (unpaired) electrons. The molecule has 27 heavy (non-hydrogen) atoms. The van der Waals surface area contributed by atoms with Crippen LogP contribution in [0.1, 0.15) is 36.8 Å². The standard InChI is InChI=1S/C19H21ClN4O2S/c1-2-15-22-23-18(27-15)24-10-12(9-16(24)25)17(26)21-11-19(7-8-19)13-3-5-14(20)6-4-13/h3-6,12H,2,7-11H2,1H3,(H,21,26). The van der Waals surface area contributed by atoms with Crippen LogP contribution in [0.15, 0.2) is 24.3 Å². The molecule has 0 bridgehead atoms. The van der Waals surface area contributed by atoms with Crippen molar-refractivity contribution in [2.75, 3.05) is 18.0 Å². The predicted molar refractivity (Wildman–Crippen MR) is 105 cm³/mol. The van der Waals surface area contributed by atoms with Gasteiger partial charge in [-0.15, -0.1) is 10.2 Å². The number of carbonyl (C=O) groups excluding carboxylic acids is 2. The number of halogens is 1. The normalized spacial score (nSPS) is 20.7. The highest BCUT2D eigenvalue weighted by Crippen LogP contribution is 2.47. The Balaban J connectivity index is 1.36. The molecule has 1 N–H and O–H groups in total. The SMILES string of the molecule is CCc1nnc(N2CC(C(=O)NCC3(c4ccc(Cl)cc4)CC3)CC2=O)s1. The van der Waals surface area contributed by atoms with Crippen LogP contribution in [-0.4, -0.2) is 35.1 Å². The summed E-state index contributed by atoms with van der Waals surface area (Å²) in [5.74, 6) is -0.466. The molecule has 1 atom stereocenters. The fourth-order valence-electron chi connectivity index (χ4n) is 3.49. The van der Waals surface area contributed by atoms with Gasteiger partial charge >= 0.3 is 0 Å². The van der Waals surface area contributed by atoms with E-state index in [4.69, 9.17) is 11.6 Å². The second-order valence-corrected chi connectivity index (χ2v) is 8.72. The molecule has 6 nitrogen and oxygen atoms in total. The van der Waals surface area contributed by atoms with Gasteiger partial charge in [-0.25, -0.2) is 0 Å². The van der Waals surface area contributed by atoms with E-state index >= 15 is 0 Å². The van der Waals surface area contributed by atoms with Crippen molar-refractivity contribution < 1.29 is 9.59 Å². The van der Waals surface area contributed by atoms with Crippen LogP contribution in [0.4, 0.5) is 5.13 Å². The van der Waals surface area contributed by atoms with Crippen LogP contribution >= 0.6 is 22.9 Å². The first-order valence-corrected chi connectivity index (χ1v) is 10.4. The minimum atomic E-state index is -0.340. The Morgan fingerprint density at radius 2 is 2.07 bits per heavy atom. The van der Waals surface area contributed by atoms with Crippen LogP contribution in [0.5, 0.6) is 0 Å². The van der Waals surface area contributed by atoms with E-state index in [-0.39, 0.29) is 29.6 Å². The quantitative estimate of drug-likeness (QED) is 0.803. The number of anilines is 1. The van der Waals surface area contributed by atoms with Crippen LogP contribution < -0.4 is 10.2 Å². The van der Waals surface area contributed by atoms with Gasteiger partial charge in [0.15, 0.2) is 0 Å². The zero-order valence-electron chi connectivity index (χ0n) is 15.1. The number of carbonyl (C=O) groups is 2. The topological polar surface area (TPSA) is 75.2 Å². The van der Waals surface area contributed by atoms with E-state index in [1.807, 2.05) is 31.2 Å². The van der Waals surface area contributed by atoms with Crippen molar-refractivity contribution in [3.63, 3.8) is 0 Å². The van der Waals surface area contributed by atoms with Gasteiger partial charge in [-0.05, 0) is 37.0 Å². The minimum absolute atomic E-state index is 0.0117. The van der Waals surface area contributed by atoms with Gasteiger partial charge in [0.05, 0.1) is 5.92 Å². The Kier molecular flexibility index (Phi) is 4.90. The van der Waals surface area contributed by atoms with Crippen LogP contribution in [0, 0.1) is 5.92 Å². The Hall–Kier alpha value is -1.99. The summed E-state index contributed by atoms with van der Waals surface area (Å²) in [4.78, 5) is 26.6. The van der Waals surface area contributed by atoms with E-state index in [0.29, 0.717) is 23.2 Å². The molecule has 2 aromatic rings. The maximum absolute atomic E-state index is 12.6.